The average molecular weight is 513 g/mol. The van der Waals surface area contributed by atoms with E-state index < -0.39 is 30.8 Å². The van der Waals surface area contributed by atoms with Gasteiger partial charge in [-0.1, -0.05) is 56.4 Å². The molecule has 1 N–H and O–H groups in total. The van der Waals surface area contributed by atoms with Gasteiger partial charge in [0, 0.05) is 10.6 Å². The van der Waals surface area contributed by atoms with Crippen LogP contribution < -0.4 is 5.32 Å². The molecule has 9 nitrogen and oxygen atoms in total. The summed E-state index contributed by atoms with van der Waals surface area (Å²) >= 11 is 0. The average Bonchev–Trinajstić information content (AvgIpc) is 3.25. The van der Waals surface area contributed by atoms with Crippen LogP contribution in [0, 0.1) is 0 Å². The van der Waals surface area contributed by atoms with E-state index in [1.54, 1.807) is 11.8 Å². The van der Waals surface area contributed by atoms with Crippen LogP contribution in [0.25, 0.3) is 0 Å². The minimum absolute atomic E-state index is 0.0796. The minimum atomic E-state index is -1.85. The third-order valence-electron chi connectivity index (χ3n) is 7.73. The molecule has 2 aliphatic rings. The summed E-state index contributed by atoms with van der Waals surface area (Å²) in [4.78, 5) is 41.1. The van der Waals surface area contributed by atoms with Crippen LogP contribution in [0.5, 0.6) is 0 Å². The minimum Gasteiger partial charge on any atom is -0.448 e. The molecule has 1 aliphatic heterocycles. The fourth-order valence-electron chi connectivity index (χ4n) is 5.19. The maximum atomic E-state index is 13.7. The van der Waals surface area contributed by atoms with Crippen molar-refractivity contribution in [3.05, 3.63) is 47.2 Å². The number of ether oxygens (including phenoxy) is 2. The number of benzene rings is 1. The Morgan fingerprint density at radius 3 is 2.28 bits per heavy atom. The summed E-state index contributed by atoms with van der Waals surface area (Å²) in [7, 11) is -1.85. The van der Waals surface area contributed by atoms with E-state index in [9.17, 15) is 14.4 Å². The lowest BCUT2D eigenvalue weighted by Gasteiger charge is -2.48. The summed E-state index contributed by atoms with van der Waals surface area (Å²) < 4.78 is 11.9. The summed E-state index contributed by atoms with van der Waals surface area (Å²) in [6, 6.07) is 9.47. The largest absolute Gasteiger partial charge is 0.448 e. The highest BCUT2D eigenvalue weighted by Crippen LogP contribution is 2.56. The number of rotatable bonds is 6. The van der Waals surface area contributed by atoms with Gasteiger partial charge in [-0.25, -0.2) is 9.59 Å². The maximum absolute atomic E-state index is 13.7. The van der Waals surface area contributed by atoms with Gasteiger partial charge in [0.2, 0.25) is 5.91 Å². The number of nitrogens with zero attached hydrogens (tertiary/aromatic N) is 3. The Bertz CT molecular complexity index is 1160. The second kappa shape index (κ2) is 9.38. The number of anilines is 1. The van der Waals surface area contributed by atoms with E-state index in [-0.39, 0.29) is 31.5 Å². The molecule has 1 saturated carbocycles. The van der Waals surface area contributed by atoms with Crippen LogP contribution >= 0.6 is 0 Å². The van der Waals surface area contributed by atoms with Crippen molar-refractivity contribution in [2.75, 3.05) is 11.9 Å². The lowest BCUT2D eigenvalue weighted by molar-refractivity contribution is -0.121. The molecule has 1 aliphatic carbocycles. The number of carbonyl (C=O) groups is 3. The Balaban J connectivity index is 1.64. The summed E-state index contributed by atoms with van der Waals surface area (Å²) in [5.74, 6) is 0.202. The number of carbonyl (C=O) groups excluding carboxylic acids is 3. The molecule has 1 aromatic heterocycles. The Labute approximate surface area is 213 Å². The standard InChI is InChI=1S/C26H36N4O5Si/c1-7-34-24(33)30-21(27-22(31)26(14-11-15-26)36(4,5)6)19-16-29(25(2,3)20(19)28-30)23(32)35-17-18-12-9-8-10-13-18/h8-10,12-13H,7,11,14-17H2,1-6H3,(H,27,31). The van der Waals surface area contributed by atoms with Crippen molar-refractivity contribution in [1.82, 2.24) is 14.7 Å². The molecule has 0 unspecified atom stereocenters. The fourth-order valence-corrected chi connectivity index (χ4v) is 7.78. The molecule has 1 fully saturated rings. The second-order valence-electron chi connectivity index (χ2n) is 11.1. The first kappa shape index (κ1) is 25.9. The molecule has 0 spiro atoms. The van der Waals surface area contributed by atoms with Gasteiger partial charge in [-0.2, -0.15) is 5.10 Å². The van der Waals surface area contributed by atoms with E-state index in [1.807, 2.05) is 44.2 Å². The van der Waals surface area contributed by atoms with Crippen LogP contribution in [0.4, 0.5) is 15.4 Å². The van der Waals surface area contributed by atoms with Gasteiger partial charge in [0.15, 0.2) is 0 Å². The third-order valence-corrected chi connectivity index (χ3v) is 11.3. The van der Waals surface area contributed by atoms with Gasteiger partial charge < -0.3 is 14.8 Å². The molecule has 1 aromatic carbocycles. The van der Waals surface area contributed by atoms with Crippen molar-refractivity contribution in [3.63, 3.8) is 0 Å². The van der Waals surface area contributed by atoms with Crippen molar-refractivity contribution in [3.8, 4) is 0 Å². The van der Waals surface area contributed by atoms with Gasteiger partial charge in [0.05, 0.1) is 32.5 Å². The number of hydrogen-bond acceptors (Lipinski definition) is 6. The lowest BCUT2D eigenvalue weighted by Crippen LogP contribution is -2.52. The van der Waals surface area contributed by atoms with E-state index in [4.69, 9.17) is 9.47 Å². The molecule has 194 valence electrons. The molecule has 0 saturated heterocycles. The highest BCUT2D eigenvalue weighted by atomic mass is 28.3. The molecular weight excluding hydrogens is 476 g/mol. The first-order chi connectivity index (χ1) is 16.9. The molecule has 10 heteroatoms. The highest BCUT2D eigenvalue weighted by Gasteiger charge is 2.54. The molecule has 2 amide bonds. The first-order valence-corrected chi connectivity index (χ1v) is 16.0. The smallest absolute Gasteiger partial charge is 0.436 e. The zero-order valence-electron chi connectivity index (χ0n) is 22.0. The van der Waals surface area contributed by atoms with Gasteiger partial charge in [-0.15, -0.1) is 4.68 Å². The number of fused-ring (bicyclic) bond motifs is 1. The monoisotopic (exact) mass is 512 g/mol. The predicted octanol–water partition coefficient (Wildman–Crippen LogP) is 5.48. The van der Waals surface area contributed by atoms with E-state index in [0.717, 1.165) is 29.5 Å². The molecule has 0 atom stereocenters. The van der Waals surface area contributed by atoms with E-state index in [0.29, 0.717) is 11.3 Å². The van der Waals surface area contributed by atoms with Crippen LogP contribution in [0.15, 0.2) is 30.3 Å². The molecular formula is C26H36N4O5Si. The Morgan fingerprint density at radius 1 is 1.06 bits per heavy atom. The Morgan fingerprint density at radius 2 is 1.72 bits per heavy atom. The number of aromatic nitrogens is 2. The molecule has 2 heterocycles. The van der Waals surface area contributed by atoms with Crippen LogP contribution in [0.2, 0.25) is 24.7 Å². The van der Waals surface area contributed by atoms with Gasteiger partial charge in [0.1, 0.15) is 12.4 Å². The van der Waals surface area contributed by atoms with Crippen LogP contribution in [-0.4, -0.2) is 47.5 Å². The maximum Gasteiger partial charge on any atom is 0.436 e. The van der Waals surface area contributed by atoms with Gasteiger partial charge in [0.25, 0.3) is 0 Å². The summed E-state index contributed by atoms with van der Waals surface area (Å²) in [6.07, 6.45) is 1.55. The van der Waals surface area contributed by atoms with Gasteiger partial charge in [-0.3, -0.25) is 9.69 Å². The topological polar surface area (TPSA) is 103 Å². The van der Waals surface area contributed by atoms with Crippen molar-refractivity contribution >= 4 is 32.0 Å². The summed E-state index contributed by atoms with van der Waals surface area (Å²) in [5.41, 5.74) is 1.20. The predicted molar refractivity (Wildman–Crippen MR) is 138 cm³/mol. The zero-order valence-corrected chi connectivity index (χ0v) is 23.0. The van der Waals surface area contributed by atoms with E-state index in [1.165, 1.54) is 0 Å². The summed E-state index contributed by atoms with van der Waals surface area (Å²) in [5, 5.41) is 7.20. The lowest BCUT2D eigenvalue weighted by atomic mass is 9.83. The number of nitrogens with one attached hydrogen (secondary N) is 1. The molecule has 0 radical (unpaired) electrons. The summed E-state index contributed by atoms with van der Waals surface area (Å²) in [6.45, 7) is 12.5. The normalized spacial score (nSPS) is 17.7. The van der Waals surface area contributed by atoms with E-state index in [2.05, 4.69) is 30.1 Å². The Hall–Kier alpha value is -3.14. The number of amides is 2. The second-order valence-corrected chi connectivity index (χ2v) is 16.6. The Kier molecular flexibility index (Phi) is 6.76. The molecule has 4 rings (SSSR count). The van der Waals surface area contributed by atoms with E-state index >= 15 is 0 Å². The quantitative estimate of drug-likeness (QED) is 0.515. The van der Waals surface area contributed by atoms with Crippen molar-refractivity contribution in [1.29, 1.82) is 0 Å². The third kappa shape index (κ3) is 4.31. The zero-order chi connectivity index (χ0) is 26.3. The number of hydrogen-bond donors (Lipinski definition) is 1. The SMILES string of the molecule is CCOC(=O)n1nc2c(c1NC(=O)C1([Si](C)(C)C)CCC1)CN(C(=O)OCc1ccccc1)C2(C)C. The van der Waals surface area contributed by atoms with Crippen molar-refractivity contribution < 1.29 is 23.9 Å². The molecule has 0 bridgehead atoms. The molecule has 2 aromatic rings. The van der Waals surface area contributed by atoms with Crippen molar-refractivity contribution in [2.24, 2.45) is 0 Å². The highest BCUT2D eigenvalue weighted by molar-refractivity contribution is 6.83. The van der Waals surface area contributed by atoms with Crippen LogP contribution in [-0.2, 0) is 33.0 Å². The van der Waals surface area contributed by atoms with Crippen LogP contribution in [0.3, 0.4) is 0 Å². The van der Waals surface area contributed by atoms with Gasteiger partial charge >= 0.3 is 12.2 Å². The molecule has 36 heavy (non-hydrogen) atoms. The first-order valence-electron chi connectivity index (χ1n) is 12.5. The van der Waals surface area contributed by atoms with Crippen LogP contribution in [0.1, 0.15) is 56.9 Å². The van der Waals surface area contributed by atoms with Crippen molar-refractivity contribution in [2.45, 2.75) is 83.4 Å². The fraction of sp³-hybridized carbons (Fsp3) is 0.538. The van der Waals surface area contributed by atoms with Gasteiger partial charge in [-0.05, 0) is 39.2 Å².